The molecule has 0 spiro atoms. The number of amides is 6. The van der Waals surface area contributed by atoms with E-state index in [-0.39, 0.29) is 68.1 Å². The quantitative estimate of drug-likeness (QED) is 0.0890. The molecule has 26 heteroatoms. The van der Waals surface area contributed by atoms with Crippen molar-refractivity contribution in [3.63, 3.8) is 0 Å². The lowest BCUT2D eigenvalue weighted by Gasteiger charge is -2.31. The van der Waals surface area contributed by atoms with Crippen LogP contribution in [0.4, 0.5) is 11.4 Å². The van der Waals surface area contributed by atoms with Gasteiger partial charge in [-0.25, -0.2) is 0 Å². The first kappa shape index (κ1) is 55.6. The molecular formula is C36H44I6N6O14. The number of aliphatic hydroxyl groups excluding tert-OH is 8. The van der Waals surface area contributed by atoms with Crippen molar-refractivity contribution in [1.29, 1.82) is 0 Å². The summed E-state index contributed by atoms with van der Waals surface area (Å²) in [4.78, 5) is 83.4. The van der Waals surface area contributed by atoms with Crippen LogP contribution >= 0.6 is 136 Å². The first-order valence-electron chi connectivity index (χ1n) is 18.4. The molecule has 1 fully saturated rings. The zero-order valence-electron chi connectivity index (χ0n) is 32.7. The number of likely N-dealkylation sites (N-methyl/N-ethyl adjacent to an activating group) is 2. The van der Waals surface area contributed by atoms with E-state index in [1.807, 2.05) is 136 Å². The number of carbonyl (C=O) groups excluding carboxylic acids is 6. The molecule has 4 atom stereocenters. The molecule has 20 nitrogen and oxygen atoms in total. The maximum absolute atomic E-state index is 14.1. The number of halogens is 6. The van der Waals surface area contributed by atoms with E-state index in [1.165, 1.54) is 14.1 Å². The summed E-state index contributed by atoms with van der Waals surface area (Å²) >= 11 is 11.0. The normalized spacial score (nSPS) is 17.0. The number of rotatable bonds is 18. The van der Waals surface area contributed by atoms with Crippen LogP contribution in [0.5, 0.6) is 0 Å². The number of hydrogen-bond acceptors (Lipinski definition) is 14. The third-order valence-corrected chi connectivity index (χ3v) is 15.9. The molecule has 62 heavy (non-hydrogen) atoms. The Bertz CT molecular complexity index is 1900. The average Bonchev–Trinajstić information content (AvgIpc) is 3.23. The van der Waals surface area contributed by atoms with Crippen LogP contribution in [0.3, 0.4) is 0 Å². The van der Waals surface area contributed by atoms with Crippen molar-refractivity contribution in [2.24, 2.45) is 0 Å². The van der Waals surface area contributed by atoms with Crippen LogP contribution in [-0.4, -0.2) is 176 Å². The Labute approximate surface area is 437 Å². The van der Waals surface area contributed by atoms with Crippen LogP contribution in [0, 0.1) is 21.4 Å². The van der Waals surface area contributed by atoms with Gasteiger partial charge in [0.2, 0.25) is 0 Å². The number of nitrogens with one attached hydrogen (secondary N) is 4. The minimum absolute atomic E-state index is 0.0102. The third-order valence-electron chi connectivity index (χ3n) is 9.45. The van der Waals surface area contributed by atoms with E-state index >= 15 is 0 Å². The number of aliphatic hydroxyl groups is 8. The van der Waals surface area contributed by atoms with Gasteiger partial charge in [0.05, 0.1) is 86.5 Å². The second-order valence-electron chi connectivity index (χ2n) is 14.0. The monoisotopic (exact) mass is 1550 g/mol. The molecule has 3 rings (SSSR count). The Balaban J connectivity index is 1.93. The number of benzene rings is 2. The van der Waals surface area contributed by atoms with E-state index in [1.54, 1.807) is 0 Å². The van der Waals surface area contributed by atoms with Crippen LogP contribution in [0.15, 0.2) is 0 Å². The number of carbonyl (C=O) groups is 6. The lowest BCUT2D eigenvalue weighted by atomic mass is 9.90. The molecule has 1 aliphatic carbocycles. The molecule has 1 saturated carbocycles. The maximum Gasteiger partial charge on any atom is 0.255 e. The van der Waals surface area contributed by atoms with E-state index in [0.717, 1.165) is 9.80 Å². The second kappa shape index (κ2) is 25.5. The summed E-state index contributed by atoms with van der Waals surface area (Å²) in [5, 5.41) is 88.3. The molecule has 6 amide bonds. The summed E-state index contributed by atoms with van der Waals surface area (Å²) in [6.07, 6.45) is -4.56. The van der Waals surface area contributed by atoms with Gasteiger partial charge in [0.25, 0.3) is 35.4 Å². The molecule has 0 aromatic heterocycles. The standard InChI is InChI=1S/C36H44I6N6O14/c1-47(7-15(53)9-49)35(61)21-23(37)19(25(39)29(27(21)41)45-31(57)17(55)11-51)33(59)43-13-3-5-14(6-4-13)44-34(60)20-24(38)22(36(62)48(2)8-16(54)10-50)28(42)30(26(20)40)46-32(58)18(56)12-52/h13-18,49-56H,3-12H2,1-2H3,(H,43,59)(H,44,60)(H,45,57)(H,46,58). The van der Waals surface area contributed by atoms with Gasteiger partial charge in [-0.05, 0) is 161 Å². The van der Waals surface area contributed by atoms with Crippen molar-refractivity contribution in [2.75, 3.05) is 64.2 Å². The van der Waals surface area contributed by atoms with Gasteiger partial charge in [0, 0.05) is 46.4 Å². The highest BCUT2D eigenvalue weighted by atomic mass is 127. The molecule has 12 N–H and O–H groups in total. The molecule has 0 heterocycles. The summed E-state index contributed by atoms with van der Waals surface area (Å²) in [6, 6.07) is -0.825. The topological polar surface area (TPSA) is 319 Å². The largest absolute Gasteiger partial charge is 0.394 e. The Morgan fingerprint density at radius 3 is 1.08 bits per heavy atom. The average molecular weight is 1550 g/mol. The minimum Gasteiger partial charge on any atom is -0.394 e. The Hall–Kier alpha value is -0.680. The van der Waals surface area contributed by atoms with E-state index in [4.69, 9.17) is 0 Å². The smallest absolute Gasteiger partial charge is 0.255 e. The predicted octanol–water partition coefficient (Wildman–Crippen LogP) is 0.219. The fraction of sp³-hybridized carbons (Fsp3) is 0.500. The van der Waals surface area contributed by atoms with Crippen molar-refractivity contribution in [2.45, 2.75) is 62.2 Å². The highest BCUT2D eigenvalue weighted by Gasteiger charge is 2.35. The maximum atomic E-state index is 14.1. The number of hydrogen-bond donors (Lipinski definition) is 12. The molecule has 0 saturated heterocycles. The van der Waals surface area contributed by atoms with Crippen molar-refractivity contribution in [1.82, 2.24) is 20.4 Å². The molecule has 344 valence electrons. The predicted molar refractivity (Wildman–Crippen MR) is 274 cm³/mol. The number of anilines is 2. The highest BCUT2D eigenvalue weighted by molar-refractivity contribution is 14.1. The fourth-order valence-corrected chi connectivity index (χ4v) is 14.9. The van der Waals surface area contributed by atoms with Gasteiger partial charge >= 0.3 is 0 Å². The summed E-state index contributed by atoms with van der Waals surface area (Å²) < 4.78 is 1.36. The van der Waals surface area contributed by atoms with Gasteiger partial charge in [0.1, 0.15) is 0 Å². The first-order valence-corrected chi connectivity index (χ1v) is 24.8. The zero-order chi connectivity index (χ0) is 46.9. The van der Waals surface area contributed by atoms with Gasteiger partial charge in [0.15, 0.2) is 12.2 Å². The van der Waals surface area contributed by atoms with E-state index in [0.29, 0.717) is 25.7 Å². The summed E-state index contributed by atoms with van der Waals surface area (Å²) in [5.41, 5.74) is 0.161. The lowest BCUT2D eigenvalue weighted by molar-refractivity contribution is -0.126. The third kappa shape index (κ3) is 13.7. The van der Waals surface area contributed by atoms with E-state index < -0.39 is 98.4 Å². The van der Waals surface area contributed by atoms with Crippen molar-refractivity contribution in [3.05, 3.63) is 43.7 Å². The van der Waals surface area contributed by atoms with Gasteiger partial charge in [-0.2, -0.15) is 0 Å². The first-order chi connectivity index (χ1) is 29.1. The fourth-order valence-electron chi connectivity index (χ4n) is 6.09. The molecular weight excluding hydrogens is 1500 g/mol. The molecule has 2 aromatic carbocycles. The molecule has 4 unspecified atom stereocenters. The SMILES string of the molecule is CN(CC(O)CO)C(=O)c1c(I)c(NC(=O)C(O)CO)c(I)c(C(=O)NC2CCC(NC(=O)c3c(I)c(NC(=O)C(O)CO)c(I)c(C(=O)N(C)CC(O)CO)c3I)CC2)c1I. The van der Waals surface area contributed by atoms with Crippen molar-refractivity contribution in [3.8, 4) is 0 Å². The Kier molecular flexibility index (Phi) is 22.8. The lowest BCUT2D eigenvalue weighted by Crippen LogP contribution is -2.45. The number of nitrogens with zero attached hydrogens (tertiary/aromatic N) is 2. The summed E-state index contributed by atoms with van der Waals surface area (Å²) in [5.74, 6) is -4.42. The van der Waals surface area contributed by atoms with Gasteiger partial charge in [-0.1, -0.05) is 0 Å². The van der Waals surface area contributed by atoms with E-state index in [9.17, 15) is 69.6 Å². The Morgan fingerprint density at radius 2 is 0.806 bits per heavy atom. The van der Waals surface area contributed by atoms with Gasteiger partial charge in [-0.3, -0.25) is 28.8 Å². The zero-order valence-corrected chi connectivity index (χ0v) is 45.7. The summed E-state index contributed by atoms with van der Waals surface area (Å²) in [6.45, 7) is -3.49. The van der Waals surface area contributed by atoms with Crippen LogP contribution < -0.4 is 21.3 Å². The second-order valence-corrected chi connectivity index (χ2v) is 20.5. The van der Waals surface area contributed by atoms with Crippen LogP contribution in [-0.2, 0) is 9.59 Å². The minimum atomic E-state index is -1.80. The van der Waals surface area contributed by atoms with Crippen molar-refractivity contribution >= 4 is 182 Å². The van der Waals surface area contributed by atoms with Crippen molar-refractivity contribution < 1.29 is 69.6 Å². The van der Waals surface area contributed by atoms with Crippen LogP contribution in [0.25, 0.3) is 0 Å². The Morgan fingerprint density at radius 1 is 0.516 bits per heavy atom. The van der Waals surface area contributed by atoms with E-state index in [2.05, 4.69) is 21.3 Å². The van der Waals surface area contributed by atoms with Crippen LogP contribution in [0.1, 0.15) is 67.1 Å². The summed E-state index contributed by atoms with van der Waals surface area (Å²) in [7, 11) is 2.78. The molecule has 0 bridgehead atoms. The molecule has 0 radical (unpaired) electrons. The molecule has 0 aliphatic heterocycles. The highest BCUT2D eigenvalue weighted by Crippen LogP contribution is 2.38. The van der Waals surface area contributed by atoms with Gasteiger partial charge in [-0.15, -0.1) is 0 Å². The molecule has 1 aliphatic rings. The molecule has 2 aromatic rings. The van der Waals surface area contributed by atoms with Gasteiger partial charge < -0.3 is 71.9 Å². The van der Waals surface area contributed by atoms with Crippen LogP contribution in [0.2, 0.25) is 0 Å².